The summed E-state index contributed by atoms with van der Waals surface area (Å²) in [6.45, 7) is 1.90. The number of aryl methyl sites for hydroxylation is 1. The van der Waals surface area contributed by atoms with E-state index in [2.05, 4.69) is 15.3 Å². The van der Waals surface area contributed by atoms with Crippen molar-refractivity contribution in [2.24, 2.45) is 0 Å². The molecule has 1 heterocycles. The van der Waals surface area contributed by atoms with Crippen molar-refractivity contribution in [3.63, 3.8) is 0 Å². The molecule has 1 N–H and O–H groups in total. The first-order valence-electron chi connectivity index (χ1n) is 10.4. The Labute approximate surface area is 194 Å². The minimum atomic E-state index is -1.19. The van der Waals surface area contributed by atoms with Gasteiger partial charge < -0.3 is 5.32 Å². The van der Waals surface area contributed by atoms with Gasteiger partial charge in [0.15, 0.2) is 0 Å². The Bertz CT molecular complexity index is 1300. The molecule has 170 valence electrons. The van der Waals surface area contributed by atoms with Gasteiger partial charge in [-0.15, -0.1) is 0 Å². The molecule has 8 heteroatoms. The summed E-state index contributed by atoms with van der Waals surface area (Å²) < 4.78 is 27.5. The van der Waals surface area contributed by atoms with E-state index in [-0.39, 0.29) is 11.4 Å². The number of amides is 2. The molecule has 0 saturated carbocycles. The number of nitrogens with one attached hydrogen (secondary N) is 1. The van der Waals surface area contributed by atoms with Gasteiger partial charge in [-0.05, 0) is 55.0 Å². The largest absolute Gasteiger partial charge is 0.324 e. The molecule has 0 bridgehead atoms. The molecule has 3 aromatic carbocycles. The number of nitrogens with zero attached hydrogens (tertiary/aromatic N) is 3. The average molecular weight is 458 g/mol. The van der Waals surface area contributed by atoms with Crippen LogP contribution in [0.2, 0.25) is 0 Å². The molecule has 0 unspecified atom stereocenters. The summed E-state index contributed by atoms with van der Waals surface area (Å²) in [5, 5.41) is 2.72. The molecular formula is C26H20F2N4O2. The fourth-order valence-corrected chi connectivity index (χ4v) is 3.45. The van der Waals surface area contributed by atoms with Crippen LogP contribution < -0.4 is 10.2 Å². The van der Waals surface area contributed by atoms with E-state index in [1.165, 1.54) is 72.0 Å². The smallest absolute Gasteiger partial charge is 0.279 e. The number of carbonyl (C=O) groups is 2. The summed E-state index contributed by atoms with van der Waals surface area (Å²) in [6.07, 6.45) is 4.05. The fourth-order valence-electron chi connectivity index (χ4n) is 3.45. The lowest BCUT2D eigenvalue weighted by atomic mass is 10.0. The highest BCUT2D eigenvalue weighted by molar-refractivity contribution is 6.11. The first-order chi connectivity index (χ1) is 16.4. The molecule has 0 saturated heterocycles. The van der Waals surface area contributed by atoms with Crippen LogP contribution in [0.3, 0.4) is 0 Å². The Morgan fingerprint density at radius 2 is 1.65 bits per heavy atom. The van der Waals surface area contributed by atoms with Crippen LogP contribution in [-0.4, -0.2) is 21.8 Å². The Kier molecular flexibility index (Phi) is 6.68. The van der Waals surface area contributed by atoms with Gasteiger partial charge in [0.25, 0.3) is 11.8 Å². The second kappa shape index (κ2) is 9.99. The number of benzene rings is 3. The molecule has 0 aliphatic carbocycles. The van der Waals surface area contributed by atoms with E-state index in [4.69, 9.17) is 0 Å². The number of halogens is 2. The van der Waals surface area contributed by atoms with Crippen molar-refractivity contribution >= 4 is 23.2 Å². The minimum Gasteiger partial charge on any atom is -0.324 e. The zero-order chi connectivity index (χ0) is 24.1. The van der Waals surface area contributed by atoms with E-state index in [0.29, 0.717) is 11.3 Å². The van der Waals surface area contributed by atoms with Crippen LogP contribution >= 0.6 is 0 Å². The average Bonchev–Trinajstić information content (AvgIpc) is 2.85. The number of aromatic nitrogens is 2. The van der Waals surface area contributed by atoms with Gasteiger partial charge >= 0.3 is 0 Å². The normalized spacial score (nSPS) is 11.5. The maximum absolute atomic E-state index is 14.2. The van der Waals surface area contributed by atoms with Crippen LogP contribution in [0.1, 0.15) is 27.7 Å². The molecule has 0 aliphatic rings. The van der Waals surface area contributed by atoms with Gasteiger partial charge in [-0.25, -0.2) is 13.8 Å². The first kappa shape index (κ1) is 22.7. The van der Waals surface area contributed by atoms with Crippen molar-refractivity contribution in [2.45, 2.75) is 13.0 Å². The molecular weight excluding hydrogens is 438 g/mol. The summed E-state index contributed by atoms with van der Waals surface area (Å²) in [5.41, 5.74) is 1.94. The second-order valence-corrected chi connectivity index (χ2v) is 7.56. The van der Waals surface area contributed by atoms with Crippen LogP contribution in [0.4, 0.5) is 20.2 Å². The first-order valence-corrected chi connectivity index (χ1v) is 10.4. The van der Waals surface area contributed by atoms with Crippen LogP contribution in [0, 0.1) is 18.6 Å². The van der Waals surface area contributed by atoms with Crippen LogP contribution in [0.15, 0.2) is 91.4 Å². The molecule has 6 nitrogen and oxygen atoms in total. The van der Waals surface area contributed by atoms with E-state index in [0.717, 1.165) is 5.56 Å². The zero-order valence-electron chi connectivity index (χ0n) is 18.2. The SMILES string of the molecule is Cc1ccc([C@H](C(=O)Nc2ccc(F)cc2)N(C(=O)c2cnccn2)c2cccc(F)c2)cc1. The molecule has 4 rings (SSSR count). The molecule has 2 amide bonds. The topological polar surface area (TPSA) is 75.2 Å². The van der Waals surface area contributed by atoms with Gasteiger partial charge in [0.2, 0.25) is 0 Å². The quantitative estimate of drug-likeness (QED) is 0.437. The van der Waals surface area contributed by atoms with Crippen molar-refractivity contribution in [1.82, 2.24) is 9.97 Å². The van der Waals surface area contributed by atoms with Crippen molar-refractivity contribution in [2.75, 3.05) is 10.2 Å². The van der Waals surface area contributed by atoms with Gasteiger partial charge in [0.05, 0.1) is 6.20 Å². The number of anilines is 2. The third-order valence-electron chi connectivity index (χ3n) is 5.10. The van der Waals surface area contributed by atoms with Gasteiger partial charge in [0, 0.05) is 23.8 Å². The van der Waals surface area contributed by atoms with Gasteiger partial charge in [0.1, 0.15) is 23.4 Å². The molecule has 1 aromatic heterocycles. The van der Waals surface area contributed by atoms with Crippen LogP contribution in [0.5, 0.6) is 0 Å². The van der Waals surface area contributed by atoms with Gasteiger partial charge in [-0.3, -0.25) is 19.5 Å². The number of hydrogen-bond donors (Lipinski definition) is 1. The highest BCUT2D eigenvalue weighted by Gasteiger charge is 2.34. The summed E-state index contributed by atoms with van der Waals surface area (Å²) >= 11 is 0. The molecule has 34 heavy (non-hydrogen) atoms. The van der Waals surface area contributed by atoms with Crippen molar-refractivity contribution in [3.8, 4) is 0 Å². The molecule has 4 aromatic rings. The standard InChI is InChI=1S/C26H20F2N4O2/c1-17-5-7-18(8-6-17)24(25(33)31-21-11-9-19(27)10-12-21)32(22-4-2-3-20(28)15-22)26(34)23-16-29-13-14-30-23/h2-16,24H,1H3,(H,31,33)/t24-/m1/s1. The predicted octanol–water partition coefficient (Wildman–Crippen LogP) is 5.09. The van der Waals surface area contributed by atoms with Crippen molar-refractivity contribution in [3.05, 3.63) is 120 Å². The van der Waals surface area contributed by atoms with E-state index < -0.39 is 29.5 Å². The van der Waals surface area contributed by atoms with Crippen LogP contribution in [0.25, 0.3) is 0 Å². The number of hydrogen-bond acceptors (Lipinski definition) is 4. The summed E-state index contributed by atoms with van der Waals surface area (Å²) in [5.74, 6) is -2.24. The maximum Gasteiger partial charge on any atom is 0.279 e. The Morgan fingerprint density at radius 1 is 0.912 bits per heavy atom. The number of carbonyl (C=O) groups excluding carboxylic acids is 2. The van der Waals surface area contributed by atoms with Gasteiger partial charge in [-0.1, -0.05) is 35.9 Å². The van der Waals surface area contributed by atoms with Crippen LogP contribution in [-0.2, 0) is 4.79 Å². The summed E-state index contributed by atoms with van der Waals surface area (Å²) in [6, 6.07) is 16.5. The monoisotopic (exact) mass is 458 g/mol. The van der Waals surface area contributed by atoms with E-state index in [1.807, 2.05) is 19.1 Å². The second-order valence-electron chi connectivity index (χ2n) is 7.56. The van der Waals surface area contributed by atoms with E-state index >= 15 is 0 Å². The zero-order valence-corrected chi connectivity index (χ0v) is 18.2. The van der Waals surface area contributed by atoms with Crippen molar-refractivity contribution in [1.29, 1.82) is 0 Å². The summed E-state index contributed by atoms with van der Waals surface area (Å²) in [7, 11) is 0. The van der Waals surface area contributed by atoms with Crippen molar-refractivity contribution < 1.29 is 18.4 Å². The summed E-state index contributed by atoms with van der Waals surface area (Å²) in [4.78, 5) is 36.4. The Hall–Kier alpha value is -4.46. The maximum atomic E-state index is 14.2. The lowest BCUT2D eigenvalue weighted by molar-refractivity contribution is -0.117. The minimum absolute atomic E-state index is 0.0153. The molecule has 0 fully saturated rings. The lowest BCUT2D eigenvalue weighted by Crippen LogP contribution is -2.42. The molecule has 1 atom stereocenters. The van der Waals surface area contributed by atoms with Gasteiger partial charge in [-0.2, -0.15) is 0 Å². The number of rotatable bonds is 6. The highest BCUT2D eigenvalue weighted by atomic mass is 19.1. The molecule has 0 radical (unpaired) electrons. The Balaban J connectivity index is 1.84. The molecule has 0 aliphatic heterocycles. The highest BCUT2D eigenvalue weighted by Crippen LogP contribution is 2.31. The molecule has 0 spiro atoms. The fraction of sp³-hybridized carbons (Fsp3) is 0.0769. The van der Waals surface area contributed by atoms with E-state index in [9.17, 15) is 18.4 Å². The predicted molar refractivity (Wildman–Crippen MR) is 124 cm³/mol. The van der Waals surface area contributed by atoms with E-state index in [1.54, 1.807) is 12.1 Å². The lowest BCUT2D eigenvalue weighted by Gasteiger charge is -2.31. The third kappa shape index (κ3) is 5.12. The Morgan fingerprint density at radius 3 is 2.29 bits per heavy atom. The third-order valence-corrected chi connectivity index (χ3v) is 5.10.